The molecule has 0 atom stereocenters. The number of ether oxygens (including phenoxy) is 1. The van der Waals surface area contributed by atoms with E-state index in [1.807, 2.05) is 0 Å². The number of benzene rings is 2. The largest absolute Gasteiger partial charge is 0.507 e. The first-order valence-corrected chi connectivity index (χ1v) is 7.99. The Hall–Kier alpha value is -2.67. The smallest absolute Gasteiger partial charge is 0.416 e. The molecular formula is C18H13ClF3NO3. The molecule has 0 radical (unpaired) electrons. The van der Waals surface area contributed by atoms with Crippen LogP contribution in [0.5, 0.6) is 11.5 Å². The number of phenolic OH excluding ortho intramolecular Hbond substituents is 1. The molecule has 0 amide bonds. The van der Waals surface area contributed by atoms with Crippen LogP contribution in [0.25, 0.3) is 22.0 Å². The Morgan fingerprint density at radius 2 is 1.92 bits per heavy atom. The van der Waals surface area contributed by atoms with Crippen molar-refractivity contribution in [1.82, 2.24) is 4.98 Å². The van der Waals surface area contributed by atoms with Gasteiger partial charge in [0, 0.05) is 27.1 Å². The molecule has 0 aliphatic heterocycles. The molecule has 4 nitrogen and oxygen atoms in total. The molecule has 0 spiro atoms. The van der Waals surface area contributed by atoms with Gasteiger partial charge in [-0.1, -0.05) is 17.7 Å². The van der Waals surface area contributed by atoms with Crippen LogP contribution in [0.2, 0.25) is 5.02 Å². The van der Waals surface area contributed by atoms with Crippen LogP contribution in [-0.2, 0) is 6.18 Å². The number of nitrogens with one attached hydrogen (secondary N) is 1. The fraction of sp³-hybridized carbons (Fsp3) is 0.167. The Kier molecular flexibility index (Phi) is 4.58. The molecule has 0 saturated carbocycles. The monoisotopic (exact) mass is 383 g/mol. The molecule has 3 aromatic rings. The molecule has 8 heteroatoms. The minimum atomic E-state index is -4.55. The van der Waals surface area contributed by atoms with Crippen molar-refractivity contribution in [3.63, 3.8) is 0 Å². The molecule has 0 aliphatic carbocycles. The van der Waals surface area contributed by atoms with Crippen LogP contribution in [-0.4, -0.2) is 16.7 Å². The fourth-order valence-corrected chi connectivity index (χ4v) is 2.89. The first kappa shape index (κ1) is 18.1. The van der Waals surface area contributed by atoms with E-state index in [0.717, 1.165) is 12.1 Å². The van der Waals surface area contributed by atoms with Crippen LogP contribution in [0.3, 0.4) is 0 Å². The highest BCUT2D eigenvalue weighted by molar-refractivity contribution is 6.31. The van der Waals surface area contributed by atoms with Crippen molar-refractivity contribution in [2.24, 2.45) is 0 Å². The number of rotatable bonds is 3. The van der Waals surface area contributed by atoms with E-state index >= 15 is 0 Å². The third-order valence-corrected chi connectivity index (χ3v) is 4.05. The summed E-state index contributed by atoms with van der Waals surface area (Å²) in [5.41, 5.74) is -1.25. The molecule has 2 aromatic carbocycles. The lowest BCUT2D eigenvalue weighted by Gasteiger charge is -2.15. The lowest BCUT2D eigenvalue weighted by atomic mass is 9.98. The molecule has 2 N–H and O–H groups in total. The topological polar surface area (TPSA) is 62.3 Å². The summed E-state index contributed by atoms with van der Waals surface area (Å²) in [6, 6.07) is 7.19. The van der Waals surface area contributed by atoms with E-state index in [1.54, 1.807) is 6.92 Å². The molecule has 3 rings (SSSR count). The van der Waals surface area contributed by atoms with Crippen molar-refractivity contribution >= 4 is 22.5 Å². The van der Waals surface area contributed by atoms with Crippen molar-refractivity contribution in [2.75, 3.05) is 6.61 Å². The van der Waals surface area contributed by atoms with E-state index in [2.05, 4.69) is 4.98 Å². The van der Waals surface area contributed by atoms with E-state index in [0.29, 0.717) is 10.4 Å². The van der Waals surface area contributed by atoms with Crippen LogP contribution in [0.15, 0.2) is 41.2 Å². The van der Waals surface area contributed by atoms with Gasteiger partial charge < -0.3 is 14.8 Å². The highest BCUT2D eigenvalue weighted by atomic mass is 35.5. The van der Waals surface area contributed by atoms with Gasteiger partial charge in [-0.05, 0) is 37.3 Å². The van der Waals surface area contributed by atoms with Crippen LogP contribution in [0.1, 0.15) is 12.5 Å². The van der Waals surface area contributed by atoms with Crippen LogP contribution < -0.4 is 10.3 Å². The normalized spacial score (nSPS) is 11.7. The van der Waals surface area contributed by atoms with Crippen LogP contribution in [0, 0.1) is 0 Å². The van der Waals surface area contributed by atoms with Gasteiger partial charge in [0.2, 0.25) is 0 Å². The standard InChI is InChI=1S/C18H13ClF3NO3/c1-2-26-16-15(12-8-10(19)4-6-14(12)24)11-5-3-9(18(20,21)22)7-13(11)23-17(16)25/h3-8,24H,2H2,1H3,(H,23,25). The summed E-state index contributed by atoms with van der Waals surface area (Å²) >= 11 is 5.99. The number of hydrogen-bond acceptors (Lipinski definition) is 3. The fourth-order valence-electron chi connectivity index (χ4n) is 2.71. The Balaban J connectivity index is 2.42. The summed E-state index contributed by atoms with van der Waals surface area (Å²) in [5, 5.41) is 10.8. The molecular weight excluding hydrogens is 371 g/mol. The molecule has 26 heavy (non-hydrogen) atoms. The van der Waals surface area contributed by atoms with Gasteiger partial charge in [0.05, 0.1) is 12.2 Å². The number of phenols is 1. The lowest BCUT2D eigenvalue weighted by Crippen LogP contribution is -2.14. The molecule has 0 saturated heterocycles. The van der Waals surface area contributed by atoms with Gasteiger partial charge in [0.15, 0.2) is 5.75 Å². The van der Waals surface area contributed by atoms with Crippen molar-refractivity contribution < 1.29 is 23.0 Å². The summed E-state index contributed by atoms with van der Waals surface area (Å²) in [4.78, 5) is 14.8. The molecule has 1 heterocycles. The third-order valence-electron chi connectivity index (χ3n) is 3.81. The second kappa shape index (κ2) is 6.57. The molecule has 0 fully saturated rings. The van der Waals surface area contributed by atoms with Crippen LogP contribution >= 0.6 is 11.6 Å². The SMILES string of the molecule is CCOc1c(-c2cc(Cl)ccc2O)c2ccc(C(F)(F)F)cc2[nH]c1=O. The van der Waals surface area contributed by atoms with Crippen molar-refractivity contribution in [3.8, 4) is 22.6 Å². The highest BCUT2D eigenvalue weighted by Crippen LogP contribution is 2.41. The number of halogens is 4. The van der Waals surface area contributed by atoms with Gasteiger partial charge in [-0.15, -0.1) is 0 Å². The van der Waals surface area contributed by atoms with E-state index in [9.17, 15) is 23.1 Å². The first-order chi connectivity index (χ1) is 12.2. The van der Waals surface area contributed by atoms with Gasteiger partial charge in [0.25, 0.3) is 5.56 Å². The summed E-state index contributed by atoms with van der Waals surface area (Å²) in [6.45, 7) is 1.82. The zero-order valence-electron chi connectivity index (χ0n) is 13.4. The molecule has 1 aromatic heterocycles. The maximum atomic E-state index is 13.0. The first-order valence-electron chi connectivity index (χ1n) is 7.61. The number of pyridine rings is 1. The summed E-state index contributed by atoms with van der Waals surface area (Å²) < 4.78 is 44.4. The van der Waals surface area contributed by atoms with Gasteiger partial charge in [-0.2, -0.15) is 13.2 Å². The van der Waals surface area contributed by atoms with Crippen LogP contribution in [0.4, 0.5) is 13.2 Å². The Labute approximate surface area is 150 Å². The number of alkyl halides is 3. The van der Waals surface area contributed by atoms with Gasteiger partial charge in [-0.25, -0.2) is 0 Å². The predicted molar refractivity (Wildman–Crippen MR) is 92.9 cm³/mol. The summed E-state index contributed by atoms with van der Waals surface area (Å²) in [5.74, 6) is -0.278. The third kappa shape index (κ3) is 3.22. The Bertz CT molecular complexity index is 1040. The second-order valence-electron chi connectivity index (χ2n) is 5.51. The average Bonchev–Trinajstić information content (AvgIpc) is 2.57. The predicted octanol–water partition coefficient (Wildman–Crippen LogP) is 4.97. The van der Waals surface area contributed by atoms with Crippen molar-refractivity contribution in [3.05, 3.63) is 57.3 Å². The van der Waals surface area contributed by atoms with Gasteiger partial charge in [0.1, 0.15) is 5.75 Å². The lowest BCUT2D eigenvalue weighted by molar-refractivity contribution is -0.137. The van der Waals surface area contributed by atoms with E-state index < -0.39 is 17.3 Å². The molecule has 0 aliphatic rings. The molecule has 136 valence electrons. The Morgan fingerprint density at radius 3 is 2.58 bits per heavy atom. The van der Waals surface area contributed by atoms with Gasteiger partial charge >= 0.3 is 6.18 Å². The second-order valence-corrected chi connectivity index (χ2v) is 5.95. The number of aromatic nitrogens is 1. The number of fused-ring (bicyclic) bond motifs is 1. The van der Waals surface area contributed by atoms with E-state index in [-0.39, 0.29) is 34.7 Å². The average molecular weight is 384 g/mol. The van der Waals surface area contributed by atoms with Crippen molar-refractivity contribution in [1.29, 1.82) is 0 Å². The molecule has 0 unspecified atom stereocenters. The van der Waals surface area contributed by atoms with Gasteiger partial charge in [-0.3, -0.25) is 4.79 Å². The molecule has 0 bridgehead atoms. The quantitative estimate of drug-likeness (QED) is 0.671. The number of aromatic amines is 1. The zero-order chi connectivity index (χ0) is 19.1. The Morgan fingerprint density at radius 1 is 1.19 bits per heavy atom. The zero-order valence-corrected chi connectivity index (χ0v) is 14.2. The number of hydrogen-bond donors (Lipinski definition) is 2. The maximum Gasteiger partial charge on any atom is 0.416 e. The number of H-pyrrole nitrogens is 1. The van der Waals surface area contributed by atoms with Crippen molar-refractivity contribution in [2.45, 2.75) is 13.1 Å². The van der Waals surface area contributed by atoms with E-state index in [4.69, 9.17) is 16.3 Å². The minimum absolute atomic E-state index is 0.0253. The highest BCUT2D eigenvalue weighted by Gasteiger charge is 2.31. The van der Waals surface area contributed by atoms with E-state index in [1.165, 1.54) is 24.3 Å². The maximum absolute atomic E-state index is 13.0. The summed E-state index contributed by atoms with van der Waals surface area (Å²) in [7, 11) is 0. The minimum Gasteiger partial charge on any atom is -0.507 e. The summed E-state index contributed by atoms with van der Waals surface area (Å²) in [6.07, 6.45) is -4.55. The number of aromatic hydroxyl groups is 1.